The van der Waals surface area contributed by atoms with E-state index < -0.39 is 0 Å². The molecule has 0 saturated carbocycles. The van der Waals surface area contributed by atoms with Crippen LogP contribution in [0.2, 0.25) is 0 Å². The molecule has 14 heavy (non-hydrogen) atoms. The van der Waals surface area contributed by atoms with Gasteiger partial charge in [-0.05, 0) is 40.8 Å². The first-order chi connectivity index (χ1) is 6.59. The molecular formula is C10H8INO2. The second-order valence-corrected chi connectivity index (χ2v) is 4.31. The number of halogens is 1. The van der Waals surface area contributed by atoms with E-state index in [-0.39, 0.29) is 11.7 Å². The molecular weight excluding hydrogens is 293 g/mol. The highest BCUT2D eigenvalue weighted by atomic mass is 127. The van der Waals surface area contributed by atoms with E-state index in [1.807, 2.05) is 18.2 Å². The summed E-state index contributed by atoms with van der Waals surface area (Å²) in [5.74, 6) is 0.0465. The Morgan fingerprint density at radius 3 is 2.86 bits per heavy atom. The lowest BCUT2D eigenvalue weighted by atomic mass is 10.2. The fourth-order valence-electron chi connectivity index (χ4n) is 1.45. The van der Waals surface area contributed by atoms with Crippen LogP contribution in [0.4, 0.5) is 0 Å². The molecule has 72 valence electrons. The highest BCUT2D eigenvalue weighted by Gasteiger charge is 2.09. The monoisotopic (exact) mass is 301 g/mol. The summed E-state index contributed by atoms with van der Waals surface area (Å²) in [6.45, 7) is 1.47. The molecule has 1 aromatic heterocycles. The Balaban J connectivity index is 2.84. The molecule has 0 unspecified atom stereocenters. The third kappa shape index (κ3) is 1.39. The maximum Gasteiger partial charge on any atom is 0.228 e. The number of rotatable bonds is 0. The van der Waals surface area contributed by atoms with Gasteiger partial charge in [0.2, 0.25) is 5.91 Å². The van der Waals surface area contributed by atoms with Crippen molar-refractivity contribution in [1.82, 2.24) is 4.57 Å². The summed E-state index contributed by atoms with van der Waals surface area (Å²) in [7, 11) is 0. The van der Waals surface area contributed by atoms with Gasteiger partial charge in [-0.25, -0.2) is 0 Å². The van der Waals surface area contributed by atoms with Crippen LogP contribution in [-0.4, -0.2) is 15.6 Å². The summed E-state index contributed by atoms with van der Waals surface area (Å²) >= 11 is 2.17. The zero-order valence-corrected chi connectivity index (χ0v) is 9.65. The summed E-state index contributed by atoms with van der Waals surface area (Å²) in [5, 5.41) is 10.3. The zero-order chi connectivity index (χ0) is 10.3. The molecule has 4 heteroatoms. The lowest BCUT2D eigenvalue weighted by Crippen LogP contribution is -2.02. The van der Waals surface area contributed by atoms with Gasteiger partial charge in [-0.15, -0.1) is 0 Å². The maximum atomic E-state index is 11.2. The van der Waals surface area contributed by atoms with E-state index in [9.17, 15) is 9.90 Å². The van der Waals surface area contributed by atoms with Crippen molar-refractivity contribution in [2.75, 3.05) is 0 Å². The van der Waals surface area contributed by atoms with Gasteiger partial charge in [-0.2, -0.15) is 0 Å². The average Bonchev–Trinajstić information content (AvgIpc) is 2.44. The molecule has 0 fully saturated rings. The SMILES string of the molecule is CC(=O)n1cc(O)c2cc(I)ccc21. The summed E-state index contributed by atoms with van der Waals surface area (Å²) < 4.78 is 2.48. The summed E-state index contributed by atoms with van der Waals surface area (Å²) in [6, 6.07) is 5.59. The Labute approximate surface area is 94.5 Å². The van der Waals surface area contributed by atoms with E-state index in [2.05, 4.69) is 22.6 Å². The minimum Gasteiger partial charge on any atom is -0.506 e. The van der Waals surface area contributed by atoms with Gasteiger partial charge in [-0.1, -0.05) is 0 Å². The lowest BCUT2D eigenvalue weighted by molar-refractivity contribution is 0.0941. The van der Waals surface area contributed by atoms with Crippen LogP contribution in [0.25, 0.3) is 10.9 Å². The molecule has 2 rings (SSSR count). The van der Waals surface area contributed by atoms with Crippen LogP contribution < -0.4 is 0 Å². The molecule has 1 aromatic carbocycles. The van der Waals surface area contributed by atoms with E-state index in [0.717, 1.165) is 9.09 Å². The first-order valence-electron chi connectivity index (χ1n) is 4.10. The number of hydrogen-bond donors (Lipinski definition) is 1. The molecule has 3 nitrogen and oxygen atoms in total. The Morgan fingerprint density at radius 1 is 1.50 bits per heavy atom. The zero-order valence-electron chi connectivity index (χ0n) is 7.49. The van der Waals surface area contributed by atoms with E-state index in [1.165, 1.54) is 17.7 Å². The highest BCUT2D eigenvalue weighted by molar-refractivity contribution is 14.1. The molecule has 0 aliphatic carbocycles. The number of fused-ring (bicyclic) bond motifs is 1. The van der Waals surface area contributed by atoms with Crippen molar-refractivity contribution < 1.29 is 9.90 Å². The van der Waals surface area contributed by atoms with Crippen molar-refractivity contribution in [3.63, 3.8) is 0 Å². The molecule has 1 heterocycles. The first-order valence-corrected chi connectivity index (χ1v) is 5.18. The van der Waals surface area contributed by atoms with Crippen LogP contribution in [0, 0.1) is 3.57 Å². The number of nitrogens with zero attached hydrogens (tertiary/aromatic N) is 1. The molecule has 0 spiro atoms. The Kier molecular flexibility index (Phi) is 2.22. The number of hydrogen-bond acceptors (Lipinski definition) is 2. The van der Waals surface area contributed by atoms with E-state index in [1.54, 1.807) is 0 Å². The van der Waals surface area contributed by atoms with Gasteiger partial charge in [0.1, 0.15) is 5.75 Å². The number of aromatic nitrogens is 1. The van der Waals surface area contributed by atoms with E-state index >= 15 is 0 Å². The largest absolute Gasteiger partial charge is 0.506 e. The summed E-state index contributed by atoms with van der Waals surface area (Å²) in [6.07, 6.45) is 1.45. The van der Waals surface area contributed by atoms with Crippen molar-refractivity contribution in [2.45, 2.75) is 6.92 Å². The Hall–Kier alpha value is -1.04. The summed E-state index contributed by atoms with van der Waals surface area (Å²) in [5.41, 5.74) is 0.746. The second-order valence-electron chi connectivity index (χ2n) is 3.06. The number of benzene rings is 1. The van der Waals surface area contributed by atoms with Gasteiger partial charge in [0.25, 0.3) is 0 Å². The van der Waals surface area contributed by atoms with Gasteiger partial charge in [0, 0.05) is 15.9 Å². The van der Waals surface area contributed by atoms with E-state index in [0.29, 0.717) is 5.39 Å². The third-order valence-corrected chi connectivity index (χ3v) is 2.76. The van der Waals surface area contributed by atoms with Crippen LogP contribution in [0.1, 0.15) is 11.7 Å². The minimum absolute atomic E-state index is 0.100. The van der Waals surface area contributed by atoms with Gasteiger partial charge < -0.3 is 5.11 Å². The van der Waals surface area contributed by atoms with Crippen molar-refractivity contribution in [3.8, 4) is 5.75 Å². The molecule has 0 aliphatic heterocycles. The summed E-state index contributed by atoms with van der Waals surface area (Å²) in [4.78, 5) is 11.2. The smallest absolute Gasteiger partial charge is 0.228 e. The van der Waals surface area contributed by atoms with Crippen molar-refractivity contribution in [1.29, 1.82) is 0 Å². The fraction of sp³-hybridized carbons (Fsp3) is 0.100. The number of carbonyl (C=O) groups is 1. The van der Waals surface area contributed by atoms with Crippen molar-refractivity contribution in [3.05, 3.63) is 28.0 Å². The van der Waals surface area contributed by atoms with Crippen molar-refractivity contribution in [2.24, 2.45) is 0 Å². The molecule has 0 bridgehead atoms. The van der Waals surface area contributed by atoms with Crippen LogP contribution in [-0.2, 0) is 0 Å². The molecule has 2 aromatic rings. The predicted molar refractivity (Wildman–Crippen MR) is 62.6 cm³/mol. The molecule has 0 saturated heterocycles. The standard InChI is InChI=1S/C10H8INO2/c1-6(13)12-5-10(14)8-4-7(11)2-3-9(8)12/h2-5,14H,1H3. The van der Waals surface area contributed by atoms with Crippen molar-refractivity contribution >= 4 is 39.4 Å². The van der Waals surface area contributed by atoms with Gasteiger partial charge in [0.05, 0.1) is 11.7 Å². The Morgan fingerprint density at radius 2 is 2.21 bits per heavy atom. The number of aromatic hydroxyl groups is 1. The third-order valence-electron chi connectivity index (χ3n) is 2.08. The first kappa shape index (κ1) is 9.51. The molecule has 0 radical (unpaired) electrons. The molecule has 0 atom stereocenters. The van der Waals surface area contributed by atoms with Crippen LogP contribution in [0.3, 0.4) is 0 Å². The predicted octanol–water partition coefficient (Wildman–Crippen LogP) is 2.61. The lowest BCUT2D eigenvalue weighted by Gasteiger charge is -1.97. The minimum atomic E-state index is -0.100. The molecule has 0 amide bonds. The Bertz CT molecular complexity index is 516. The fourth-order valence-corrected chi connectivity index (χ4v) is 1.94. The topological polar surface area (TPSA) is 42.2 Å². The van der Waals surface area contributed by atoms with Crippen LogP contribution >= 0.6 is 22.6 Å². The van der Waals surface area contributed by atoms with E-state index in [4.69, 9.17) is 0 Å². The maximum absolute atomic E-state index is 11.2. The van der Waals surface area contributed by atoms with Gasteiger partial charge in [0.15, 0.2) is 0 Å². The van der Waals surface area contributed by atoms with Gasteiger partial charge >= 0.3 is 0 Å². The quantitative estimate of drug-likeness (QED) is 0.760. The number of carbonyl (C=O) groups excluding carboxylic acids is 1. The normalized spacial score (nSPS) is 10.7. The highest BCUT2D eigenvalue weighted by Crippen LogP contribution is 2.28. The average molecular weight is 301 g/mol. The van der Waals surface area contributed by atoms with Crippen LogP contribution in [0.15, 0.2) is 24.4 Å². The molecule has 0 aliphatic rings. The van der Waals surface area contributed by atoms with Crippen LogP contribution in [0.5, 0.6) is 5.75 Å². The van der Waals surface area contributed by atoms with Gasteiger partial charge in [-0.3, -0.25) is 9.36 Å². The second kappa shape index (κ2) is 3.27. The molecule has 1 N–H and O–H groups in total.